The maximum absolute atomic E-state index is 12.1. The van der Waals surface area contributed by atoms with E-state index in [0.29, 0.717) is 35.5 Å². The van der Waals surface area contributed by atoms with Crippen LogP contribution in [0.5, 0.6) is 5.75 Å². The largest absolute Gasteiger partial charge is 0.494 e. The summed E-state index contributed by atoms with van der Waals surface area (Å²) < 4.78 is 12.0. The Labute approximate surface area is 166 Å². The molecule has 0 aliphatic heterocycles. The lowest BCUT2D eigenvalue weighted by Crippen LogP contribution is -2.25. The van der Waals surface area contributed by atoms with Gasteiger partial charge in [0.15, 0.2) is 0 Å². The quantitative estimate of drug-likeness (QED) is 0.553. The fourth-order valence-electron chi connectivity index (χ4n) is 2.99. The molecule has 0 spiro atoms. The summed E-state index contributed by atoms with van der Waals surface area (Å²) in [6.07, 6.45) is 1.39. The van der Waals surface area contributed by atoms with E-state index in [0.717, 1.165) is 28.3 Å². The minimum atomic E-state index is -0.703. The van der Waals surface area contributed by atoms with Crippen molar-refractivity contribution in [2.75, 3.05) is 6.61 Å². The molecule has 0 saturated heterocycles. The Hall–Kier alpha value is -2.24. The summed E-state index contributed by atoms with van der Waals surface area (Å²) >= 11 is 12.4. The molecule has 0 fully saturated rings. The Balaban J connectivity index is 1.67. The number of para-hydroxylation sites is 1. The predicted molar refractivity (Wildman–Crippen MR) is 107 cm³/mol. The predicted octanol–water partition coefficient (Wildman–Crippen LogP) is 4.74. The number of aromatic nitrogens is 1. The number of halogens is 2. The molecular formula is C20H19Cl2NO4. The average molecular weight is 408 g/mol. The van der Waals surface area contributed by atoms with Crippen LogP contribution in [0, 0.1) is 13.8 Å². The molecular weight excluding hydrogens is 389 g/mol. The molecule has 0 amide bonds. The van der Waals surface area contributed by atoms with Crippen LogP contribution in [0.2, 0.25) is 10.0 Å². The summed E-state index contributed by atoms with van der Waals surface area (Å²) in [5, 5.41) is 1.39. The Morgan fingerprint density at radius 3 is 2.48 bits per heavy atom. The minimum absolute atomic E-state index is 0.297. The number of hydrogen-bond acceptors (Lipinski definition) is 4. The SMILES string of the molecule is Cc1cc(OCCCCn2c(=O)oc(=O)c3cccc(Cl)c32)cc(C)c1Cl. The minimum Gasteiger partial charge on any atom is -0.494 e. The first kappa shape index (κ1) is 19.5. The van der Waals surface area contributed by atoms with Crippen LogP contribution in [0.3, 0.4) is 0 Å². The van der Waals surface area contributed by atoms with Crippen LogP contribution in [0.4, 0.5) is 0 Å². The van der Waals surface area contributed by atoms with Gasteiger partial charge in [-0.2, -0.15) is 0 Å². The van der Waals surface area contributed by atoms with Gasteiger partial charge in [-0.1, -0.05) is 29.3 Å². The molecule has 1 aromatic heterocycles. The van der Waals surface area contributed by atoms with Gasteiger partial charge in [-0.25, -0.2) is 9.59 Å². The van der Waals surface area contributed by atoms with E-state index in [1.807, 2.05) is 26.0 Å². The smallest absolute Gasteiger partial charge is 0.422 e. The number of hydrogen-bond donors (Lipinski definition) is 0. The van der Waals surface area contributed by atoms with Crippen LogP contribution in [0.25, 0.3) is 10.9 Å². The van der Waals surface area contributed by atoms with Crippen molar-refractivity contribution in [3.8, 4) is 5.75 Å². The highest BCUT2D eigenvalue weighted by Crippen LogP contribution is 2.26. The number of aryl methyl sites for hydroxylation is 3. The monoisotopic (exact) mass is 407 g/mol. The molecule has 0 radical (unpaired) electrons. The molecule has 1 heterocycles. The fraction of sp³-hybridized carbons (Fsp3) is 0.300. The number of nitrogens with zero attached hydrogens (tertiary/aromatic N) is 1. The van der Waals surface area contributed by atoms with Gasteiger partial charge in [0.2, 0.25) is 0 Å². The molecule has 3 rings (SSSR count). The fourth-order valence-corrected chi connectivity index (χ4v) is 3.38. The highest BCUT2D eigenvalue weighted by molar-refractivity contribution is 6.35. The van der Waals surface area contributed by atoms with Gasteiger partial charge >= 0.3 is 11.4 Å². The molecule has 0 N–H and O–H groups in total. The van der Waals surface area contributed by atoms with Crippen molar-refractivity contribution in [3.05, 3.63) is 72.5 Å². The molecule has 5 nitrogen and oxygen atoms in total. The first-order chi connectivity index (χ1) is 12.9. The van der Waals surface area contributed by atoms with E-state index in [-0.39, 0.29) is 0 Å². The van der Waals surface area contributed by atoms with Crippen LogP contribution < -0.4 is 16.1 Å². The summed E-state index contributed by atoms with van der Waals surface area (Å²) in [5.74, 6) is 0.0660. The van der Waals surface area contributed by atoms with E-state index < -0.39 is 11.4 Å². The maximum atomic E-state index is 12.1. The van der Waals surface area contributed by atoms with Gasteiger partial charge in [0, 0.05) is 11.6 Å². The second-order valence-electron chi connectivity index (χ2n) is 6.37. The molecule has 0 unspecified atom stereocenters. The van der Waals surface area contributed by atoms with Crippen molar-refractivity contribution in [2.24, 2.45) is 0 Å². The van der Waals surface area contributed by atoms with Gasteiger partial charge < -0.3 is 9.15 Å². The van der Waals surface area contributed by atoms with E-state index in [1.165, 1.54) is 4.57 Å². The van der Waals surface area contributed by atoms with E-state index in [2.05, 4.69) is 0 Å². The van der Waals surface area contributed by atoms with Gasteiger partial charge in [0.05, 0.1) is 22.5 Å². The highest BCUT2D eigenvalue weighted by Gasteiger charge is 2.12. The lowest BCUT2D eigenvalue weighted by atomic mass is 10.1. The third kappa shape index (κ3) is 4.20. The molecule has 0 bridgehead atoms. The van der Waals surface area contributed by atoms with Gasteiger partial charge in [0.25, 0.3) is 0 Å². The topological polar surface area (TPSA) is 61.4 Å². The number of rotatable bonds is 6. The molecule has 27 heavy (non-hydrogen) atoms. The zero-order chi connectivity index (χ0) is 19.6. The maximum Gasteiger partial charge on any atom is 0.422 e. The number of ether oxygens (including phenoxy) is 1. The standard InChI is InChI=1S/C20H19Cl2NO4/c1-12-10-14(11-13(2)17(12)22)26-9-4-3-8-23-18-15(6-5-7-16(18)21)19(24)27-20(23)25/h5-7,10-11H,3-4,8-9H2,1-2H3. The number of unbranched alkanes of at least 4 members (excludes halogenated alkanes) is 1. The van der Waals surface area contributed by atoms with Gasteiger partial charge in [-0.3, -0.25) is 4.57 Å². The lowest BCUT2D eigenvalue weighted by molar-refractivity contribution is 0.300. The van der Waals surface area contributed by atoms with Crippen LogP contribution >= 0.6 is 23.2 Å². The average Bonchev–Trinajstić information content (AvgIpc) is 2.62. The van der Waals surface area contributed by atoms with Crippen LogP contribution in [0.1, 0.15) is 24.0 Å². The third-order valence-corrected chi connectivity index (χ3v) is 5.23. The van der Waals surface area contributed by atoms with E-state index in [4.69, 9.17) is 32.4 Å². The summed E-state index contributed by atoms with van der Waals surface area (Å²) in [5.41, 5.74) is 1.67. The molecule has 0 aliphatic rings. The molecule has 0 atom stereocenters. The molecule has 0 saturated carbocycles. The molecule has 0 aliphatic carbocycles. The first-order valence-electron chi connectivity index (χ1n) is 8.60. The summed E-state index contributed by atoms with van der Waals surface area (Å²) in [7, 11) is 0. The van der Waals surface area contributed by atoms with Crippen molar-refractivity contribution in [1.29, 1.82) is 0 Å². The molecule has 7 heteroatoms. The van der Waals surface area contributed by atoms with Crippen molar-refractivity contribution < 1.29 is 9.15 Å². The second kappa shape index (κ2) is 8.19. The van der Waals surface area contributed by atoms with E-state index >= 15 is 0 Å². The summed E-state index contributed by atoms with van der Waals surface area (Å²) in [4.78, 5) is 23.9. The zero-order valence-corrected chi connectivity index (χ0v) is 16.6. The van der Waals surface area contributed by atoms with Gasteiger partial charge in [0.1, 0.15) is 5.75 Å². The zero-order valence-electron chi connectivity index (χ0n) is 15.1. The lowest BCUT2D eigenvalue weighted by Gasteiger charge is -2.11. The second-order valence-corrected chi connectivity index (χ2v) is 7.15. The normalized spacial score (nSPS) is 11.1. The van der Waals surface area contributed by atoms with Crippen LogP contribution in [0.15, 0.2) is 44.3 Å². The Morgan fingerprint density at radius 2 is 1.78 bits per heavy atom. The van der Waals surface area contributed by atoms with Crippen molar-refractivity contribution in [3.63, 3.8) is 0 Å². The number of fused-ring (bicyclic) bond motifs is 1. The Kier molecular flexibility index (Phi) is 5.92. The highest BCUT2D eigenvalue weighted by atomic mass is 35.5. The molecule has 3 aromatic rings. The first-order valence-corrected chi connectivity index (χ1v) is 9.36. The van der Waals surface area contributed by atoms with Gasteiger partial charge in [-0.05, 0) is 62.1 Å². The van der Waals surface area contributed by atoms with Gasteiger partial charge in [-0.15, -0.1) is 0 Å². The summed E-state index contributed by atoms with van der Waals surface area (Å²) in [6, 6.07) is 8.70. The van der Waals surface area contributed by atoms with Crippen molar-refractivity contribution in [2.45, 2.75) is 33.2 Å². The van der Waals surface area contributed by atoms with Crippen LogP contribution in [-0.2, 0) is 6.54 Å². The molecule has 2 aromatic carbocycles. The van der Waals surface area contributed by atoms with E-state index in [1.54, 1.807) is 18.2 Å². The Bertz CT molecular complexity index is 1080. The summed E-state index contributed by atoms with van der Waals surface area (Å²) in [6.45, 7) is 4.75. The number of benzene rings is 2. The van der Waals surface area contributed by atoms with Crippen molar-refractivity contribution >= 4 is 34.1 Å². The third-order valence-electron chi connectivity index (χ3n) is 4.33. The van der Waals surface area contributed by atoms with Crippen LogP contribution in [-0.4, -0.2) is 11.2 Å². The molecule has 142 valence electrons. The Morgan fingerprint density at radius 1 is 1.07 bits per heavy atom. The van der Waals surface area contributed by atoms with E-state index in [9.17, 15) is 9.59 Å². The van der Waals surface area contributed by atoms with Crippen molar-refractivity contribution in [1.82, 2.24) is 4.57 Å².